The molecule has 0 spiro atoms. The molecule has 1 heterocycles. The Balaban J connectivity index is 2.52. The van der Waals surface area contributed by atoms with Crippen LogP contribution in [-0.2, 0) is 0 Å². The van der Waals surface area contributed by atoms with Crippen molar-refractivity contribution in [3.8, 4) is 0 Å². The first-order valence-corrected chi connectivity index (χ1v) is 4.16. The van der Waals surface area contributed by atoms with E-state index in [1.54, 1.807) is 0 Å². The molecule has 1 rings (SSSR count). The van der Waals surface area contributed by atoms with E-state index in [1.807, 2.05) is 5.80 Å². The Labute approximate surface area is 59.8 Å². The molecule has 0 amide bonds. The Hall–Kier alpha value is -0.630. The molecular formula is C5H7N2O2P. The van der Waals surface area contributed by atoms with Gasteiger partial charge in [-0.1, -0.05) is 10.4 Å². The molecule has 0 aromatic heterocycles. The van der Waals surface area contributed by atoms with Crippen LogP contribution in [-0.4, -0.2) is 24.0 Å². The number of hydrogen-bond acceptors (Lipinski definition) is 4. The highest BCUT2D eigenvalue weighted by molar-refractivity contribution is 7.38. The fourth-order valence-corrected chi connectivity index (χ4v) is 1.87. The fourth-order valence-electron chi connectivity index (χ4n) is 0.865. The summed E-state index contributed by atoms with van der Waals surface area (Å²) in [4.78, 5) is 20.0. The van der Waals surface area contributed by atoms with Gasteiger partial charge in [0.15, 0.2) is 0 Å². The monoisotopic (exact) mass is 158 g/mol. The smallest absolute Gasteiger partial charge is 0.116 e. The van der Waals surface area contributed by atoms with Gasteiger partial charge in [0.25, 0.3) is 0 Å². The first-order chi connectivity index (χ1) is 4.86. The van der Waals surface area contributed by atoms with E-state index in [0.29, 0.717) is 6.42 Å². The van der Waals surface area contributed by atoms with Crippen LogP contribution in [0.15, 0.2) is 10.4 Å². The van der Waals surface area contributed by atoms with E-state index in [-0.39, 0.29) is 12.1 Å². The second kappa shape index (κ2) is 3.52. The zero-order valence-electron chi connectivity index (χ0n) is 5.30. The van der Waals surface area contributed by atoms with Crippen LogP contribution >= 0.6 is 8.20 Å². The van der Waals surface area contributed by atoms with Crippen molar-refractivity contribution in [2.75, 3.05) is 6.16 Å². The Morgan fingerprint density at radius 3 is 2.80 bits per heavy atom. The SMILES string of the molecule is O=N[C@H]1CP=C[C@@H](N=O)C1. The van der Waals surface area contributed by atoms with Gasteiger partial charge in [0.05, 0.1) is 0 Å². The molecule has 10 heavy (non-hydrogen) atoms. The fraction of sp³-hybridized carbons (Fsp3) is 0.800. The number of nitroso groups, excluding NO2 is 2. The minimum atomic E-state index is -0.293. The van der Waals surface area contributed by atoms with Crippen LogP contribution in [0.2, 0.25) is 0 Å². The highest BCUT2D eigenvalue weighted by Gasteiger charge is 2.18. The third-order valence-corrected chi connectivity index (χ3v) is 2.58. The molecule has 0 saturated heterocycles. The van der Waals surface area contributed by atoms with Crippen LogP contribution in [0.5, 0.6) is 0 Å². The highest BCUT2D eigenvalue weighted by Crippen LogP contribution is 2.17. The summed E-state index contributed by atoms with van der Waals surface area (Å²) in [5.74, 6) is 1.81. The summed E-state index contributed by atoms with van der Waals surface area (Å²) in [7, 11) is 1.01. The largest absolute Gasteiger partial charge is 0.150 e. The first-order valence-electron chi connectivity index (χ1n) is 3.01. The first kappa shape index (κ1) is 7.48. The maximum atomic E-state index is 10.0. The molecule has 5 heteroatoms. The molecule has 1 aliphatic heterocycles. The molecule has 2 atom stereocenters. The Morgan fingerprint density at radius 2 is 2.20 bits per heavy atom. The molecule has 0 fully saturated rings. The minimum Gasteiger partial charge on any atom is -0.150 e. The van der Waals surface area contributed by atoms with Crippen molar-refractivity contribution in [1.82, 2.24) is 0 Å². The van der Waals surface area contributed by atoms with Gasteiger partial charge in [0, 0.05) is 12.6 Å². The standard InChI is InChI=1S/C5H7N2O2P/c8-6-4-1-5(7-9)3-10-2-4/h2,4-5H,1,3H2/t4-,5+/m0/s1. The average Bonchev–Trinajstić information content (AvgIpc) is 2.05. The summed E-state index contributed by atoms with van der Waals surface area (Å²) in [6.07, 6.45) is 1.25. The van der Waals surface area contributed by atoms with Crippen LogP contribution in [0.3, 0.4) is 0 Å². The van der Waals surface area contributed by atoms with E-state index in [0.717, 1.165) is 14.4 Å². The van der Waals surface area contributed by atoms with Gasteiger partial charge in [-0.15, -0.1) is 8.20 Å². The van der Waals surface area contributed by atoms with Crippen molar-refractivity contribution in [2.24, 2.45) is 10.4 Å². The van der Waals surface area contributed by atoms with Gasteiger partial charge in [-0.05, 0) is 5.80 Å². The lowest BCUT2D eigenvalue weighted by atomic mass is 10.1. The van der Waals surface area contributed by atoms with Gasteiger partial charge in [-0.3, -0.25) is 0 Å². The van der Waals surface area contributed by atoms with Gasteiger partial charge in [0.1, 0.15) is 12.1 Å². The number of rotatable bonds is 2. The van der Waals surface area contributed by atoms with Crippen molar-refractivity contribution < 1.29 is 0 Å². The van der Waals surface area contributed by atoms with Crippen molar-refractivity contribution in [2.45, 2.75) is 18.5 Å². The lowest BCUT2D eigenvalue weighted by Gasteiger charge is -2.12. The predicted molar refractivity (Wildman–Crippen MR) is 41.6 cm³/mol. The lowest BCUT2D eigenvalue weighted by Crippen LogP contribution is -2.20. The van der Waals surface area contributed by atoms with Crippen LogP contribution < -0.4 is 0 Å². The van der Waals surface area contributed by atoms with E-state index in [4.69, 9.17) is 0 Å². The summed E-state index contributed by atoms with van der Waals surface area (Å²) in [6, 6.07) is -0.493. The van der Waals surface area contributed by atoms with E-state index in [2.05, 4.69) is 10.4 Å². The Morgan fingerprint density at radius 1 is 1.40 bits per heavy atom. The van der Waals surface area contributed by atoms with Gasteiger partial charge < -0.3 is 0 Å². The molecule has 0 saturated carbocycles. The molecule has 1 aliphatic rings. The summed E-state index contributed by atoms with van der Waals surface area (Å²) in [5.41, 5.74) is 0. The maximum absolute atomic E-state index is 10.0. The molecule has 0 N–H and O–H groups in total. The van der Waals surface area contributed by atoms with Crippen molar-refractivity contribution >= 4 is 14.0 Å². The summed E-state index contributed by atoms with van der Waals surface area (Å²) in [6.45, 7) is 0. The normalized spacial score (nSPS) is 33.2. The molecule has 0 bridgehead atoms. The van der Waals surface area contributed by atoms with Crippen molar-refractivity contribution in [3.63, 3.8) is 0 Å². The summed E-state index contributed by atoms with van der Waals surface area (Å²) >= 11 is 0. The highest BCUT2D eigenvalue weighted by atomic mass is 31.1. The quantitative estimate of drug-likeness (QED) is 0.450. The van der Waals surface area contributed by atoms with E-state index in [1.165, 1.54) is 0 Å². The van der Waals surface area contributed by atoms with Crippen LogP contribution in [0.25, 0.3) is 0 Å². The topological polar surface area (TPSA) is 58.9 Å². The second-order valence-corrected chi connectivity index (χ2v) is 3.21. The van der Waals surface area contributed by atoms with Crippen LogP contribution in [0.1, 0.15) is 6.42 Å². The van der Waals surface area contributed by atoms with E-state index < -0.39 is 0 Å². The molecule has 0 aliphatic carbocycles. The van der Waals surface area contributed by atoms with Crippen LogP contribution in [0.4, 0.5) is 0 Å². The molecule has 4 nitrogen and oxygen atoms in total. The zero-order chi connectivity index (χ0) is 7.40. The second-order valence-electron chi connectivity index (χ2n) is 2.18. The molecule has 0 aromatic rings. The van der Waals surface area contributed by atoms with Gasteiger partial charge in [-0.25, -0.2) is 0 Å². The van der Waals surface area contributed by atoms with Crippen LogP contribution in [0, 0.1) is 9.81 Å². The van der Waals surface area contributed by atoms with Gasteiger partial charge in [0.2, 0.25) is 0 Å². The zero-order valence-corrected chi connectivity index (χ0v) is 6.20. The third kappa shape index (κ3) is 1.67. The number of hydrogen-bond donors (Lipinski definition) is 0. The van der Waals surface area contributed by atoms with Gasteiger partial charge >= 0.3 is 0 Å². The van der Waals surface area contributed by atoms with E-state index >= 15 is 0 Å². The number of nitrogens with zero attached hydrogens (tertiary/aromatic N) is 2. The Kier molecular flexibility index (Phi) is 2.63. The lowest BCUT2D eigenvalue weighted by molar-refractivity contribution is 0.637. The summed E-state index contributed by atoms with van der Waals surface area (Å²) < 4.78 is 0. The minimum absolute atomic E-state index is 0.200. The van der Waals surface area contributed by atoms with Crippen molar-refractivity contribution in [1.29, 1.82) is 0 Å². The molecule has 0 unspecified atom stereocenters. The third-order valence-electron chi connectivity index (χ3n) is 1.39. The predicted octanol–water partition coefficient (Wildman–Crippen LogP) is 1.41. The van der Waals surface area contributed by atoms with Crippen molar-refractivity contribution in [3.05, 3.63) is 9.81 Å². The van der Waals surface area contributed by atoms with E-state index in [9.17, 15) is 9.81 Å². The molecule has 54 valence electrons. The molecule has 0 radical (unpaired) electrons. The summed E-state index contributed by atoms with van der Waals surface area (Å²) in [5, 5.41) is 5.70. The maximum Gasteiger partial charge on any atom is 0.116 e. The Bertz CT molecular complexity index is 171. The molecular weight excluding hydrogens is 151 g/mol. The average molecular weight is 158 g/mol. The van der Waals surface area contributed by atoms with Gasteiger partial charge in [-0.2, -0.15) is 9.81 Å². The molecule has 0 aromatic carbocycles.